The van der Waals surface area contributed by atoms with Gasteiger partial charge in [0.25, 0.3) is 0 Å². The molecular formula is C18H26ClN3O3. The summed E-state index contributed by atoms with van der Waals surface area (Å²) in [7, 11) is 0. The van der Waals surface area contributed by atoms with E-state index < -0.39 is 6.04 Å². The number of nitrogens with one attached hydrogen (secondary N) is 1. The van der Waals surface area contributed by atoms with Crippen molar-refractivity contribution >= 4 is 29.9 Å². The number of benzene rings is 1. The molecule has 0 bridgehead atoms. The lowest BCUT2D eigenvalue weighted by molar-refractivity contribution is -0.124. The van der Waals surface area contributed by atoms with Crippen LogP contribution < -0.4 is 16.0 Å². The second-order valence-corrected chi connectivity index (χ2v) is 6.51. The first-order valence-corrected chi connectivity index (χ1v) is 8.65. The molecule has 1 unspecified atom stereocenters. The largest absolute Gasteiger partial charge is 0.381 e. The second-order valence-electron chi connectivity index (χ2n) is 6.51. The number of nitrogens with zero attached hydrogens (tertiary/aromatic N) is 1. The molecule has 2 aliphatic heterocycles. The number of hydrogen-bond acceptors (Lipinski definition) is 4. The van der Waals surface area contributed by atoms with Gasteiger partial charge < -0.3 is 20.7 Å². The van der Waals surface area contributed by atoms with E-state index in [4.69, 9.17) is 10.5 Å². The Morgan fingerprint density at radius 3 is 2.80 bits per heavy atom. The van der Waals surface area contributed by atoms with Crippen LogP contribution in [0.4, 0.5) is 5.69 Å². The standard InChI is InChI=1S/C18H25N3O3.ClH/c19-17(14-6-9-24-10-7-14)18(23)20-12-13-3-1-4-15(11-13)21-8-2-5-16(21)22;/h1,3-4,11,14,17H,2,5-10,12,19H2,(H,20,23);1H. The lowest BCUT2D eigenvalue weighted by Crippen LogP contribution is -2.46. The van der Waals surface area contributed by atoms with Crippen LogP contribution in [0.25, 0.3) is 0 Å². The molecule has 3 rings (SSSR count). The number of carbonyl (C=O) groups excluding carboxylic acids is 2. The third-order valence-electron chi connectivity index (χ3n) is 4.84. The maximum absolute atomic E-state index is 12.3. The number of nitrogens with two attached hydrogens (primary N) is 1. The van der Waals surface area contributed by atoms with E-state index in [1.807, 2.05) is 24.3 Å². The van der Waals surface area contributed by atoms with Gasteiger partial charge in [0.05, 0.1) is 6.04 Å². The van der Waals surface area contributed by atoms with Gasteiger partial charge in [0.2, 0.25) is 11.8 Å². The molecule has 7 heteroatoms. The Bertz CT molecular complexity index is 605. The fourth-order valence-corrected chi connectivity index (χ4v) is 3.35. The Morgan fingerprint density at radius 1 is 1.36 bits per heavy atom. The minimum atomic E-state index is -0.489. The van der Waals surface area contributed by atoms with Crippen molar-refractivity contribution in [3.63, 3.8) is 0 Å². The van der Waals surface area contributed by atoms with Gasteiger partial charge in [0, 0.05) is 38.4 Å². The molecule has 1 aromatic rings. The Labute approximate surface area is 154 Å². The van der Waals surface area contributed by atoms with Gasteiger partial charge in [-0.1, -0.05) is 12.1 Å². The van der Waals surface area contributed by atoms with E-state index in [-0.39, 0.29) is 30.1 Å². The zero-order valence-electron chi connectivity index (χ0n) is 14.3. The van der Waals surface area contributed by atoms with Crippen molar-refractivity contribution in [3.8, 4) is 0 Å². The summed E-state index contributed by atoms with van der Waals surface area (Å²) in [5.74, 6) is 0.231. The maximum atomic E-state index is 12.3. The maximum Gasteiger partial charge on any atom is 0.237 e. The molecule has 2 fully saturated rings. The van der Waals surface area contributed by atoms with E-state index in [1.54, 1.807) is 4.90 Å². The minimum Gasteiger partial charge on any atom is -0.381 e. The van der Waals surface area contributed by atoms with Gasteiger partial charge >= 0.3 is 0 Å². The number of rotatable bonds is 5. The van der Waals surface area contributed by atoms with E-state index in [0.717, 1.165) is 37.1 Å². The summed E-state index contributed by atoms with van der Waals surface area (Å²) in [4.78, 5) is 25.9. The number of anilines is 1. The van der Waals surface area contributed by atoms with Crippen LogP contribution in [-0.4, -0.2) is 37.6 Å². The molecule has 0 aliphatic carbocycles. The molecule has 0 radical (unpaired) electrons. The second kappa shape index (κ2) is 9.17. The fourth-order valence-electron chi connectivity index (χ4n) is 3.35. The molecule has 25 heavy (non-hydrogen) atoms. The van der Waals surface area contributed by atoms with Crippen LogP contribution in [0.1, 0.15) is 31.2 Å². The predicted molar refractivity (Wildman–Crippen MR) is 98.6 cm³/mol. The third-order valence-corrected chi connectivity index (χ3v) is 4.84. The first-order chi connectivity index (χ1) is 11.6. The van der Waals surface area contributed by atoms with Crippen molar-refractivity contribution in [2.75, 3.05) is 24.7 Å². The Kier molecular flexibility index (Phi) is 7.23. The molecule has 2 amide bonds. The van der Waals surface area contributed by atoms with Crippen LogP contribution in [0.2, 0.25) is 0 Å². The summed E-state index contributed by atoms with van der Waals surface area (Å²) in [6.07, 6.45) is 3.18. The quantitative estimate of drug-likeness (QED) is 0.828. The number of halogens is 1. The molecule has 1 atom stereocenters. The molecule has 6 nitrogen and oxygen atoms in total. The van der Waals surface area contributed by atoms with Gasteiger partial charge in [-0.05, 0) is 42.9 Å². The van der Waals surface area contributed by atoms with E-state index in [1.165, 1.54) is 0 Å². The first kappa shape index (κ1) is 19.7. The molecule has 2 saturated heterocycles. The number of hydrogen-bond donors (Lipinski definition) is 2. The van der Waals surface area contributed by atoms with Crippen LogP contribution >= 0.6 is 12.4 Å². The lowest BCUT2D eigenvalue weighted by atomic mass is 9.92. The minimum absolute atomic E-state index is 0. The van der Waals surface area contributed by atoms with E-state index in [0.29, 0.717) is 26.2 Å². The third kappa shape index (κ3) is 4.93. The van der Waals surface area contributed by atoms with Crippen molar-refractivity contribution in [2.45, 2.75) is 38.3 Å². The summed E-state index contributed by atoms with van der Waals surface area (Å²) in [6, 6.07) is 7.27. The zero-order valence-corrected chi connectivity index (χ0v) is 15.1. The molecule has 0 aromatic heterocycles. The van der Waals surface area contributed by atoms with Gasteiger partial charge in [-0.25, -0.2) is 0 Å². The molecule has 1 aromatic carbocycles. The topological polar surface area (TPSA) is 84.7 Å². The van der Waals surface area contributed by atoms with Gasteiger partial charge in [-0.3, -0.25) is 9.59 Å². The van der Waals surface area contributed by atoms with Crippen LogP contribution in [0.3, 0.4) is 0 Å². The predicted octanol–water partition coefficient (Wildman–Crippen LogP) is 1.61. The van der Waals surface area contributed by atoms with Crippen molar-refractivity contribution in [2.24, 2.45) is 11.7 Å². The Hall–Kier alpha value is -1.63. The van der Waals surface area contributed by atoms with Crippen molar-refractivity contribution in [3.05, 3.63) is 29.8 Å². The van der Waals surface area contributed by atoms with Crippen LogP contribution in [0.5, 0.6) is 0 Å². The van der Waals surface area contributed by atoms with Gasteiger partial charge in [-0.15, -0.1) is 12.4 Å². The fraction of sp³-hybridized carbons (Fsp3) is 0.556. The monoisotopic (exact) mass is 367 g/mol. The summed E-state index contributed by atoms with van der Waals surface area (Å²) in [5, 5.41) is 2.92. The van der Waals surface area contributed by atoms with Gasteiger partial charge in [-0.2, -0.15) is 0 Å². The van der Waals surface area contributed by atoms with Crippen LogP contribution in [-0.2, 0) is 20.9 Å². The summed E-state index contributed by atoms with van der Waals surface area (Å²) in [5.41, 5.74) is 7.96. The van der Waals surface area contributed by atoms with Crippen molar-refractivity contribution in [1.82, 2.24) is 5.32 Å². The van der Waals surface area contributed by atoms with Crippen LogP contribution in [0.15, 0.2) is 24.3 Å². The van der Waals surface area contributed by atoms with Crippen molar-refractivity contribution < 1.29 is 14.3 Å². The van der Waals surface area contributed by atoms with E-state index in [2.05, 4.69) is 5.32 Å². The highest BCUT2D eigenvalue weighted by Gasteiger charge is 2.26. The first-order valence-electron chi connectivity index (χ1n) is 8.65. The van der Waals surface area contributed by atoms with Crippen LogP contribution in [0, 0.1) is 5.92 Å². The highest BCUT2D eigenvalue weighted by molar-refractivity contribution is 5.95. The highest BCUT2D eigenvalue weighted by Crippen LogP contribution is 2.22. The van der Waals surface area contributed by atoms with E-state index >= 15 is 0 Å². The van der Waals surface area contributed by atoms with Crippen molar-refractivity contribution in [1.29, 1.82) is 0 Å². The Balaban J connectivity index is 0.00000225. The van der Waals surface area contributed by atoms with E-state index in [9.17, 15) is 9.59 Å². The smallest absolute Gasteiger partial charge is 0.237 e. The SMILES string of the molecule is Cl.NC(C(=O)NCc1cccc(N2CCCC2=O)c1)C1CCOCC1. The zero-order chi connectivity index (χ0) is 16.9. The molecule has 0 spiro atoms. The van der Waals surface area contributed by atoms with Gasteiger partial charge in [0.15, 0.2) is 0 Å². The molecule has 2 aliphatic rings. The summed E-state index contributed by atoms with van der Waals surface area (Å²) in [6.45, 7) is 2.55. The average molecular weight is 368 g/mol. The Morgan fingerprint density at radius 2 is 2.12 bits per heavy atom. The number of amides is 2. The summed E-state index contributed by atoms with van der Waals surface area (Å²) < 4.78 is 5.31. The molecule has 2 heterocycles. The molecule has 0 saturated carbocycles. The molecular weight excluding hydrogens is 342 g/mol. The number of carbonyl (C=O) groups is 2. The highest BCUT2D eigenvalue weighted by atomic mass is 35.5. The molecule has 138 valence electrons. The number of ether oxygens (including phenoxy) is 1. The normalized spacial score (nSPS) is 19.4. The molecule has 3 N–H and O–H groups in total. The van der Waals surface area contributed by atoms with Gasteiger partial charge in [0.1, 0.15) is 0 Å². The summed E-state index contributed by atoms with van der Waals surface area (Å²) >= 11 is 0. The average Bonchev–Trinajstić information content (AvgIpc) is 3.06. The lowest BCUT2D eigenvalue weighted by Gasteiger charge is -2.26.